The number of pyridine rings is 1. The minimum Gasteiger partial charge on any atom is -0.346 e. The second-order valence-electron chi connectivity index (χ2n) is 3.97. The third kappa shape index (κ3) is 3.58. The smallest absolute Gasteiger partial charge is 0.271 e. The number of amides is 1. The maximum Gasteiger partial charge on any atom is 0.271 e. The van der Waals surface area contributed by atoms with E-state index in [4.69, 9.17) is 46.4 Å². The van der Waals surface area contributed by atoms with Crippen LogP contribution in [0.5, 0.6) is 0 Å². The highest BCUT2D eigenvalue weighted by molar-refractivity contribution is 6.52. The predicted molar refractivity (Wildman–Crippen MR) is 81.8 cm³/mol. The van der Waals surface area contributed by atoms with E-state index in [1.165, 1.54) is 6.07 Å². The van der Waals surface area contributed by atoms with Gasteiger partial charge in [0, 0.05) is 12.1 Å². The third-order valence-electron chi connectivity index (χ3n) is 2.60. The summed E-state index contributed by atoms with van der Waals surface area (Å²) < 4.78 is 13.5. The maximum absolute atomic E-state index is 13.5. The molecule has 21 heavy (non-hydrogen) atoms. The lowest BCUT2D eigenvalue weighted by Gasteiger charge is -2.09. The fourth-order valence-electron chi connectivity index (χ4n) is 1.54. The normalized spacial score (nSPS) is 10.5. The standard InChI is InChI=1S/C13H7Cl4FN2O/c14-8-9(15)11(20-12(17)10(8)16)13(21)19-5-6-3-1-2-4-7(6)18/h1-4H,5H2,(H,19,21). The Hall–Kier alpha value is -1.07. The van der Waals surface area contributed by atoms with Crippen LogP contribution >= 0.6 is 46.4 Å². The second-order valence-corrected chi connectivity index (χ2v) is 5.46. The van der Waals surface area contributed by atoms with Crippen LogP contribution in [0, 0.1) is 5.82 Å². The van der Waals surface area contributed by atoms with Crippen LogP contribution in [-0.4, -0.2) is 10.9 Å². The molecule has 0 radical (unpaired) electrons. The summed E-state index contributed by atoms with van der Waals surface area (Å²) in [6, 6.07) is 6.05. The molecule has 2 rings (SSSR count). The molecule has 8 heteroatoms. The van der Waals surface area contributed by atoms with Gasteiger partial charge in [0.25, 0.3) is 5.91 Å². The zero-order valence-corrected chi connectivity index (χ0v) is 13.3. The van der Waals surface area contributed by atoms with E-state index in [9.17, 15) is 9.18 Å². The number of carbonyl (C=O) groups excluding carboxylic acids is 1. The summed E-state index contributed by atoms with van der Waals surface area (Å²) in [4.78, 5) is 15.8. The van der Waals surface area contributed by atoms with Crippen LogP contribution < -0.4 is 5.32 Å². The van der Waals surface area contributed by atoms with Gasteiger partial charge in [-0.15, -0.1) is 0 Å². The molecule has 0 atom stereocenters. The Morgan fingerprint density at radius 2 is 1.76 bits per heavy atom. The number of hydrogen-bond donors (Lipinski definition) is 1. The highest BCUT2D eigenvalue weighted by Gasteiger charge is 2.20. The van der Waals surface area contributed by atoms with E-state index in [0.29, 0.717) is 5.56 Å². The topological polar surface area (TPSA) is 42.0 Å². The zero-order valence-electron chi connectivity index (χ0n) is 10.3. The zero-order chi connectivity index (χ0) is 15.6. The number of rotatable bonds is 3. The Morgan fingerprint density at radius 3 is 2.43 bits per heavy atom. The highest BCUT2D eigenvalue weighted by atomic mass is 35.5. The molecule has 0 aliphatic carbocycles. The maximum atomic E-state index is 13.5. The summed E-state index contributed by atoms with van der Waals surface area (Å²) in [5.41, 5.74) is 0.153. The quantitative estimate of drug-likeness (QED) is 0.794. The molecule has 1 N–H and O–H groups in total. The van der Waals surface area contributed by atoms with Crippen molar-refractivity contribution in [3.8, 4) is 0 Å². The fourth-order valence-corrected chi connectivity index (χ4v) is 2.35. The number of carbonyl (C=O) groups is 1. The van der Waals surface area contributed by atoms with Crippen LogP contribution in [0.4, 0.5) is 4.39 Å². The summed E-state index contributed by atoms with van der Waals surface area (Å²) in [7, 11) is 0. The van der Waals surface area contributed by atoms with Crippen LogP contribution in [0.1, 0.15) is 16.1 Å². The number of halogens is 5. The number of nitrogens with zero attached hydrogens (tertiary/aromatic N) is 1. The minimum absolute atomic E-state index is 0.0264. The van der Waals surface area contributed by atoms with Gasteiger partial charge in [0.05, 0.1) is 15.1 Å². The van der Waals surface area contributed by atoms with E-state index >= 15 is 0 Å². The molecule has 0 aliphatic rings. The number of benzene rings is 1. The average Bonchev–Trinajstić information content (AvgIpc) is 2.47. The van der Waals surface area contributed by atoms with Crippen molar-refractivity contribution < 1.29 is 9.18 Å². The molecule has 0 saturated carbocycles. The van der Waals surface area contributed by atoms with Crippen molar-refractivity contribution in [2.45, 2.75) is 6.54 Å². The van der Waals surface area contributed by atoms with E-state index in [0.717, 1.165) is 0 Å². The van der Waals surface area contributed by atoms with Gasteiger partial charge in [-0.25, -0.2) is 9.37 Å². The first-order valence-corrected chi connectivity index (χ1v) is 7.14. The minimum atomic E-state index is -0.635. The molecule has 2 aromatic rings. The average molecular weight is 368 g/mol. The van der Waals surface area contributed by atoms with Crippen molar-refractivity contribution in [3.05, 3.63) is 61.6 Å². The van der Waals surface area contributed by atoms with Crippen LogP contribution in [0.15, 0.2) is 24.3 Å². The van der Waals surface area contributed by atoms with Crippen LogP contribution in [0.3, 0.4) is 0 Å². The van der Waals surface area contributed by atoms with Gasteiger partial charge >= 0.3 is 0 Å². The van der Waals surface area contributed by atoms with Crippen molar-refractivity contribution in [3.63, 3.8) is 0 Å². The molecule has 3 nitrogen and oxygen atoms in total. The molecule has 1 aromatic heterocycles. The highest BCUT2D eigenvalue weighted by Crippen LogP contribution is 2.36. The summed E-state index contributed by atoms with van der Waals surface area (Å²) >= 11 is 23.3. The van der Waals surface area contributed by atoms with Gasteiger partial charge in [0.2, 0.25) is 0 Å². The molecule has 0 aliphatic heterocycles. The van der Waals surface area contributed by atoms with Crippen molar-refractivity contribution in [2.75, 3.05) is 0 Å². The first-order chi connectivity index (χ1) is 9.91. The van der Waals surface area contributed by atoms with Gasteiger partial charge in [-0.2, -0.15) is 0 Å². The van der Waals surface area contributed by atoms with Crippen molar-refractivity contribution in [1.29, 1.82) is 0 Å². The van der Waals surface area contributed by atoms with E-state index in [-0.39, 0.29) is 32.5 Å². The summed E-state index contributed by atoms with van der Waals surface area (Å²) in [5.74, 6) is -1.06. The molecule has 1 heterocycles. The molecular formula is C13H7Cl4FN2O. The molecule has 1 aromatic carbocycles. The van der Waals surface area contributed by atoms with Gasteiger partial charge < -0.3 is 5.32 Å². The Balaban J connectivity index is 2.20. The van der Waals surface area contributed by atoms with Crippen molar-refractivity contribution >= 4 is 52.3 Å². The Morgan fingerprint density at radius 1 is 1.10 bits per heavy atom. The molecular weight excluding hydrogens is 361 g/mol. The van der Waals surface area contributed by atoms with Gasteiger partial charge in [0.15, 0.2) is 0 Å². The van der Waals surface area contributed by atoms with Crippen LogP contribution in [0.25, 0.3) is 0 Å². The summed E-state index contributed by atoms with van der Waals surface area (Å²) in [6.45, 7) is -0.0264. The summed E-state index contributed by atoms with van der Waals surface area (Å²) in [5, 5.41) is 2.14. The lowest BCUT2D eigenvalue weighted by molar-refractivity contribution is 0.0946. The SMILES string of the molecule is O=C(NCc1ccccc1F)c1nc(Cl)c(Cl)c(Cl)c1Cl. The number of nitrogens with one attached hydrogen (secondary N) is 1. The first-order valence-electron chi connectivity index (χ1n) is 5.63. The van der Waals surface area contributed by atoms with E-state index < -0.39 is 11.7 Å². The van der Waals surface area contributed by atoms with Gasteiger partial charge in [-0.3, -0.25) is 4.79 Å². The molecule has 0 saturated heterocycles. The van der Waals surface area contributed by atoms with Crippen LogP contribution in [-0.2, 0) is 6.54 Å². The third-order valence-corrected chi connectivity index (χ3v) is 4.27. The Bertz CT molecular complexity index is 709. The van der Waals surface area contributed by atoms with Gasteiger partial charge in [-0.05, 0) is 6.07 Å². The summed E-state index contributed by atoms with van der Waals surface area (Å²) in [6.07, 6.45) is 0. The molecule has 110 valence electrons. The number of aromatic nitrogens is 1. The van der Waals surface area contributed by atoms with Crippen LogP contribution in [0.2, 0.25) is 20.2 Å². The van der Waals surface area contributed by atoms with Crippen molar-refractivity contribution in [2.24, 2.45) is 0 Å². The first kappa shape index (κ1) is 16.3. The Labute approximate surface area is 140 Å². The Kier molecular flexibility index (Phi) is 5.27. The van der Waals surface area contributed by atoms with E-state index in [2.05, 4.69) is 10.3 Å². The molecule has 0 fully saturated rings. The molecule has 0 spiro atoms. The van der Waals surface area contributed by atoms with Crippen molar-refractivity contribution in [1.82, 2.24) is 10.3 Å². The van der Waals surface area contributed by atoms with Gasteiger partial charge in [0.1, 0.15) is 16.7 Å². The fraction of sp³-hybridized carbons (Fsp3) is 0.0769. The van der Waals surface area contributed by atoms with Gasteiger partial charge in [-0.1, -0.05) is 64.6 Å². The monoisotopic (exact) mass is 366 g/mol. The van der Waals surface area contributed by atoms with E-state index in [1.54, 1.807) is 18.2 Å². The largest absolute Gasteiger partial charge is 0.346 e. The molecule has 1 amide bonds. The lowest BCUT2D eigenvalue weighted by Crippen LogP contribution is -2.25. The molecule has 0 unspecified atom stereocenters. The second kappa shape index (κ2) is 6.79. The lowest BCUT2D eigenvalue weighted by atomic mass is 10.2. The predicted octanol–water partition coefficient (Wildman–Crippen LogP) is 4.76. The van der Waals surface area contributed by atoms with E-state index in [1.807, 2.05) is 0 Å². The number of hydrogen-bond acceptors (Lipinski definition) is 2. The molecule has 0 bridgehead atoms.